The van der Waals surface area contributed by atoms with E-state index in [-0.39, 0.29) is 17.9 Å². The predicted octanol–water partition coefficient (Wildman–Crippen LogP) is 3.95. The van der Waals surface area contributed by atoms with Crippen molar-refractivity contribution in [3.05, 3.63) is 89.7 Å². The smallest absolute Gasteiger partial charge is 0.336 e. The molecule has 31 heavy (non-hydrogen) atoms. The molecule has 2 aromatic carbocycles. The highest BCUT2D eigenvalue weighted by Crippen LogP contribution is 2.25. The van der Waals surface area contributed by atoms with Crippen LogP contribution in [0.15, 0.2) is 73.1 Å². The maximum atomic E-state index is 12.4. The predicted molar refractivity (Wildman–Crippen MR) is 121 cm³/mol. The molecule has 0 unspecified atom stereocenters. The number of rotatable bonds is 6. The molecule has 4 aromatic rings. The summed E-state index contributed by atoms with van der Waals surface area (Å²) < 4.78 is 0. The second-order valence-corrected chi connectivity index (χ2v) is 7.06. The number of pyridine rings is 1. The fourth-order valence-corrected chi connectivity index (χ4v) is 3.35. The number of aliphatic carboxylic acids is 1. The van der Waals surface area contributed by atoms with E-state index >= 15 is 0 Å². The molecule has 7 nitrogen and oxygen atoms in total. The van der Waals surface area contributed by atoms with Crippen LogP contribution in [0.3, 0.4) is 0 Å². The minimum absolute atomic E-state index is 0.164. The first-order chi connectivity index (χ1) is 15.0. The van der Waals surface area contributed by atoms with E-state index in [1.165, 1.54) is 0 Å². The third-order valence-electron chi connectivity index (χ3n) is 4.78. The number of aromatic amines is 1. The van der Waals surface area contributed by atoms with Crippen LogP contribution in [0.25, 0.3) is 22.7 Å². The summed E-state index contributed by atoms with van der Waals surface area (Å²) in [6, 6.07) is 17.8. The maximum Gasteiger partial charge on any atom is 0.336 e. The Labute approximate surface area is 178 Å². The highest BCUT2D eigenvalue weighted by Gasteiger charge is 2.13. The number of carboxylic acid groups (broad SMARTS) is 1. The van der Waals surface area contributed by atoms with Crippen LogP contribution in [0.5, 0.6) is 0 Å². The third kappa shape index (κ3) is 4.62. The Morgan fingerprint density at radius 3 is 2.65 bits per heavy atom. The van der Waals surface area contributed by atoms with Crippen LogP contribution in [0.2, 0.25) is 0 Å². The number of amides is 1. The van der Waals surface area contributed by atoms with E-state index in [4.69, 9.17) is 5.73 Å². The number of nitrogens with zero attached hydrogens (tertiary/aromatic N) is 1. The molecule has 0 saturated heterocycles. The summed E-state index contributed by atoms with van der Waals surface area (Å²) in [7, 11) is 0. The van der Waals surface area contributed by atoms with Crippen LogP contribution in [-0.4, -0.2) is 27.0 Å². The molecule has 0 aliphatic carbocycles. The standard InChI is InChI=1S/C24H20N4O3/c25-18-8-4-5-15(9-18)10-22(29)28-19-12-20-17(13-26-23(20)27-14-19)11-21(24(30)31)16-6-2-1-3-7-16/h1-9,11-14H,10,25H2,(H,26,27)(H,28,29)(H,30,31). The van der Waals surface area contributed by atoms with Crippen molar-refractivity contribution in [2.24, 2.45) is 0 Å². The molecule has 7 heteroatoms. The molecule has 5 N–H and O–H groups in total. The summed E-state index contributed by atoms with van der Waals surface area (Å²) in [5, 5.41) is 13.2. The molecule has 0 fully saturated rings. The molecular formula is C24H20N4O3. The molecule has 0 bridgehead atoms. The number of hydrogen-bond acceptors (Lipinski definition) is 4. The molecule has 0 saturated carbocycles. The number of nitrogen functional groups attached to an aromatic ring is 1. The monoisotopic (exact) mass is 412 g/mol. The lowest BCUT2D eigenvalue weighted by molar-refractivity contribution is -0.130. The number of fused-ring (bicyclic) bond motifs is 1. The SMILES string of the molecule is Nc1cccc(CC(=O)Nc2cnc3[nH]cc(C=C(C(=O)O)c4ccccc4)c3c2)c1. The summed E-state index contributed by atoms with van der Waals surface area (Å²) in [5.41, 5.74) is 9.72. The second-order valence-electron chi connectivity index (χ2n) is 7.06. The molecule has 0 aliphatic heterocycles. The van der Waals surface area contributed by atoms with Crippen LogP contribution >= 0.6 is 0 Å². The molecule has 0 radical (unpaired) electrons. The molecule has 2 aromatic heterocycles. The Balaban J connectivity index is 1.61. The van der Waals surface area contributed by atoms with Crippen LogP contribution in [0, 0.1) is 0 Å². The molecular weight excluding hydrogens is 392 g/mol. The summed E-state index contributed by atoms with van der Waals surface area (Å²) in [6.45, 7) is 0. The summed E-state index contributed by atoms with van der Waals surface area (Å²) >= 11 is 0. The van der Waals surface area contributed by atoms with Gasteiger partial charge >= 0.3 is 5.97 Å². The number of hydrogen-bond donors (Lipinski definition) is 4. The topological polar surface area (TPSA) is 121 Å². The normalized spacial score (nSPS) is 11.4. The van der Waals surface area contributed by atoms with Gasteiger partial charge in [0.1, 0.15) is 5.65 Å². The first-order valence-electron chi connectivity index (χ1n) is 9.61. The lowest BCUT2D eigenvalue weighted by Crippen LogP contribution is -2.14. The van der Waals surface area contributed by atoms with Gasteiger partial charge in [-0.25, -0.2) is 9.78 Å². The van der Waals surface area contributed by atoms with Gasteiger partial charge in [-0.1, -0.05) is 42.5 Å². The Kier molecular flexibility index (Phi) is 5.49. The van der Waals surface area contributed by atoms with Crippen molar-refractivity contribution in [2.75, 3.05) is 11.1 Å². The number of carbonyl (C=O) groups excluding carboxylic acids is 1. The van der Waals surface area contributed by atoms with Crippen molar-refractivity contribution >= 4 is 45.9 Å². The average Bonchev–Trinajstić information content (AvgIpc) is 3.14. The maximum absolute atomic E-state index is 12.4. The average molecular weight is 412 g/mol. The van der Waals surface area contributed by atoms with Crippen LogP contribution < -0.4 is 11.1 Å². The van der Waals surface area contributed by atoms with Gasteiger partial charge in [-0.15, -0.1) is 0 Å². The summed E-state index contributed by atoms with van der Waals surface area (Å²) in [5.74, 6) is -1.23. The quantitative estimate of drug-likeness (QED) is 0.282. The van der Waals surface area contributed by atoms with Crippen LogP contribution in [-0.2, 0) is 16.0 Å². The summed E-state index contributed by atoms with van der Waals surface area (Å²) in [6.07, 6.45) is 5.03. The second kappa shape index (κ2) is 8.54. The summed E-state index contributed by atoms with van der Waals surface area (Å²) in [4.78, 5) is 31.6. The Hall–Kier alpha value is -4.39. The zero-order valence-electron chi connectivity index (χ0n) is 16.5. The van der Waals surface area contributed by atoms with Crippen LogP contribution in [0.1, 0.15) is 16.7 Å². The molecule has 4 rings (SSSR count). The van der Waals surface area contributed by atoms with Gasteiger partial charge < -0.3 is 21.1 Å². The molecule has 0 aliphatic rings. The van der Waals surface area contributed by atoms with E-state index in [1.807, 2.05) is 12.1 Å². The van der Waals surface area contributed by atoms with Crippen molar-refractivity contribution < 1.29 is 14.7 Å². The fraction of sp³-hybridized carbons (Fsp3) is 0.0417. The number of nitrogens with two attached hydrogens (primary N) is 1. The minimum atomic E-state index is -1.03. The van der Waals surface area contributed by atoms with E-state index in [1.54, 1.807) is 67.0 Å². The molecule has 0 atom stereocenters. The first-order valence-corrected chi connectivity index (χ1v) is 9.61. The van der Waals surface area contributed by atoms with E-state index in [9.17, 15) is 14.7 Å². The van der Waals surface area contributed by atoms with Crippen molar-refractivity contribution in [3.63, 3.8) is 0 Å². The van der Waals surface area contributed by atoms with Crippen LogP contribution in [0.4, 0.5) is 11.4 Å². The Morgan fingerprint density at radius 2 is 1.90 bits per heavy atom. The number of H-pyrrole nitrogens is 1. The third-order valence-corrected chi connectivity index (χ3v) is 4.78. The van der Waals surface area contributed by atoms with Gasteiger partial charge in [0, 0.05) is 22.8 Å². The number of nitrogens with one attached hydrogen (secondary N) is 2. The van der Waals surface area contributed by atoms with Gasteiger partial charge in [-0.3, -0.25) is 4.79 Å². The number of carboxylic acids is 1. The van der Waals surface area contributed by atoms with E-state index < -0.39 is 5.97 Å². The van der Waals surface area contributed by atoms with Crippen molar-refractivity contribution in [1.29, 1.82) is 0 Å². The van der Waals surface area contributed by atoms with E-state index in [0.717, 1.165) is 5.56 Å². The lowest BCUT2D eigenvalue weighted by atomic mass is 10.0. The lowest BCUT2D eigenvalue weighted by Gasteiger charge is -2.06. The zero-order chi connectivity index (χ0) is 21.8. The van der Waals surface area contributed by atoms with Crippen molar-refractivity contribution in [3.8, 4) is 0 Å². The van der Waals surface area contributed by atoms with Gasteiger partial charge in [-0.05, 0) is 35.4 Å². The van der Waals surface area contributed by atoms with Gasteiger partial charge in [0.25, 0.3) is 0 Å². The number of carbonyl (C=O) groups is 2. The highest BCUT2D eigenvalue weighted by atomic mass is 16.4. The van der Waals surface area contributed by atoms with Crippen molar-refractivity contribution in [1.82, 2.24) is 9.97 Å². The van der Waals surface area contributed by atoms with Gasteiger partial charge in [-0.2, -0.15) is 0 Å². The number of benzene rings is 2. The largest absolute Gasteiger partial charge is 0.478 e. The minimum Gasteiger partial charge on any atom is -0.478 e. The molecule has 1 amide bonds. The Morgan fingerprint density at radius 1 is 1.10 bits per heavy atom. The van der Waals surface area contributed by atoms with Gasteiger partial charge in [0.15, 0.2) is 0 Å². The zero-order valence-corrected chi connectivity index (χ0v) is 16.5. The number of anilines is 2. The van der Waals surface area contributed by atoms with Gasteiger partial charge in [0.2, 0.25) is 5.91 Å². The fourth-order valence-electron chi connectivity index (χ4n) is 3.35. The molecule has 2 heterocycles. The van der Waals surface area contributed by atoms with Crippen molar-refractivity contribution in [2.45, 2.75) is 6.42 Å². The van der Waals surface area contributed by atoms with E-state index in [0.29, 0.717) is 33.5 Å². The Bertz CT molecular complexity index is 1290. The number of aromatic nitrogens is 2. The van der Waals surface area contributed by atoms with Gasteiger partial charge in [0.05, 0.1) is 23.9 Å². The molecule has 0 spiro atoms. The highest BCUT2D eigenvalue weighted by molar-refractivity contribution is 6.21. The molecule has 154 valence electrons. The first kappa shape index (κ1) is 19.9. The van der Waals surface area contributed by atoms with E-state index in [2.05, 4.69) is 15.3 Å².